The molecule has 0 saturated heterocycles. The zero-order valence-electron chi connectivity index (χ0n) is 20.4. The standard InChI is InChI=1S/C27H29ClN6O2/c1-33-13-17-7-5-6-16-10-19(11-18(14-33)24(16)17)30-27-29-12-22(28)25(31-27)34-15-21(26(35)32-36-2)20-8-3-4-9-23(20)34/h3-4,8-12,17,21H,5-7,13-15H2,1-2H3,(H,32,35)(H,29,30,31). The van der Waals surface area contributed by atoms with Crippen molar-refractivity contribution >= 4 is 40.6 Å². The maximum atomic E-state index is 12.7. The van der Waals surface area contributed by atoms with Gasteiger partial charge in [-0.2, -0.15) is 4.98 Å². The number of para-hydroxylation sites is 1. The van der Waals surface area contributed by atoms with Crippen molar-refractivity contribution in [2.45, 2.75) is 37.6 Å². The van der Waals surface area contributed by atoms with Crippen LogP contribution in [0.1, 0.15) is 46.9 Å². The van der Waals surface area contributed by atoms with Crippen LogP contribution < -0.4 is 15.7 Å². The molecule has 0 fully saturated rings. The quantitative estimate of drug-likeness (QED) is 0.489. The molecule has 2 atom stereocenters. The van der Waals surface area contributed by atoms with Gasteiger partial charge in [0.1, 0.15) is 5.02 Å². The van der Waals surface area contributed by atoms with Crippen LogP contribution in [0.15, 0.2) is 42.6 Å². The maximum absolute atomic E-state index is 12.7. The predicted octanol–water partition coefficient (Wildman–Crippen LogP) is 4.65. The van der Waals surface area contributed by atoms with Crippen molar-refractivity contribution in [2.24, 2.45) is 0 Å². The molecular formula is C27H29ClN6O2. The van der Waals surface area contributed by atoms with Crippen LogP contribution in [0.25, 0.3) is 0 Å². The van der Waals surface area contributed by atoms with Crippen molar-refractivity contribution < 1.29 is 9.63 Å². The second-order valence-electron chi connectivity index (χ2n) is 9.88. The number of carbonyl (C=O) groups is 1. The van der Waals surface area contributed by atoms with Crippen molar-refractivity contribution in [3.63, 3.8) is 0 Å². The number of hydrogen-bond donors (Lipinski definition) is 2. The summed E-state index contributed by atoms with van der Waals surface area (Å²) in [5, 5.41) is 3.85. The van der Waals surface area contributed by atoms with Crippen molar-refractivity contribution in [2.75, 3.05) is 37.5 Å². The molecule has 1 amide bonds. The highest BCUT2D eigenvalue weighted by Crippen LogP contribution is 2.43. The molecule has 36 heavy (non-hydrogen) atoms. The number of anilines is 4. The van der Waals surface area contributed by atoms with Gasteiger partial charge in [0.15, 0.2) is 5.82 Å². The minimum Gasteiger partial charge on any atom is -0.324 e. The summed E-state index contributed by atoms with van der Waals surface area (Å²) in [5.74, 6) is 1.06. The van der Waals surface area contributed by atoms with Crippen LogP contribution in [0.3, 0.4) is 0 Å². The van der Waals surface area contributed by atoms with E-state index in [0.717, 1.165) is 36.4 Å². The van der Waals surface area contributed by atoms with Gasteiger partial charge in [0, 0.05) is 31.0 Å². The van der Waals surface area contributed by atoms with Crippen LogP contribution >= 0.6 is 11.6 Å². The van der Waals surface area contributed by atoms with E-state index in [1.807, 2.05) is 29.2 Å². The number of nitrogens with one attached hydrogen (secondary N) is 2. The predicted molar refractivity (Wildman–Crippen MR) is 140 cm³/mol. The van der Waals surface area contributed by atoms with E-state index in [1.165, 1.54) is 31.1 Å². The number of carbonyl (C=O) groups excluding carboxylic acids is 1. The second kappa shape index (κ2) is 9.35. The Morgan fingerprint density at radius 2 is 2.03 bits per heavy atom. The first kappa shape index (κ1) is 23.2. The topological polar surface area (TPSA) is 82.6 Å². The zero-order chi connectivity index (χ0) is 24.8. The second-order valence-corrected chi connectivity index (χ2v) is 10.3. The maximum Gasteiger partial charge on any atom is 0.252 e. The lowest BCUT2D eigenvalue weighted by molar-refractivity contribution is -0.132. The highest BCUT2D eigenvalue weighted by molar-refractivity contribution is 6.33. The number of nitrogens with zero attached hydrogens (tertiary/aromatic N) is 4. The molecule has 3 heterocycles. The Bertz CT molecular complexity index is 1330. The summed E-state index contributed by atoms with van der Waals surface area (Å²) < 4.78 is 0. The van der Waals surface area contributed by atoms with Gasteiger partial charge in [-0.3, -0.25) is 9.63 Å². The van der Waals surface area contributed by atoms with Crippen molar-refractivity contribution in [3.8, 4) is 0 Å². The molecule has 186 valence electrons. The van der Waals surface area contributed by atoms with Crippen LogP contribution in [-0.4, -0.2) is 48.0 Å². The molecule has 2 aromatic carbocycles. The summed E-state index contributed by atoms with van der Waals surface area (Å²) in [6, 6.07) is 12.3. The van der Waals surface area contributed by atoms with E-state index in [4.69, 9.17) is 21.4 Å². The van der Waals surface area contributed by atoms with Gasteiger partial charge in [-0.15, -0.1) is 0 Å². The van der Waals surface area contributed by atoms with E-state index in [-0.39, 0.29) is 5.91 Å². The number of halogens is 1. The number of hydrogen-bond acceptors (Lipinski definition) is 7. The largest absolute Gasteiger partial charge is 0.324 e. The molecule has 0 saturated carbocycles. The summed E-state index contributed by atoms with van der Waals surface area (Å²) >= 11 is 6.59. The lowest BCUT2D eigenvalue weighted by Crippen LogP contribution is -2.33. The fourth-order valence-corrected chi connectivity index (χ4v) is 6.24. The Morgan fingerprint density at radius 1 is 1.19 bits per heavy atom. The number of rotatable bonds is 5. The highest BCUT2D eigenvalue weighted by atomic mass is 35.5. The van der Waals surface area contributed by atoms with Crippen LogP contribution in [0.5, 0.6) is 0 Å². The molecule has 0 spiro atoms. The zero-order valence-corrected chi connectivity index (χ0v) is 21.2. The number of aryl methyl sites for hydroxylation is 1. The Kier molecular flexibility index (Phi) is 6.03. The minimum absolute atomic E-state index is 0.206. The summed E-state index contributed by atoms with van der Waals surface area (Å²) in [7, 11) is 3.63. The number of hydroxylamine groups is 1. The molecular weight excluding hydrogens is 476 g/mol. The Hall–Kier alpha value is -3.20. The first-order chi connectivity index (χ1) is 17.5. The highest BCUT2D eigenvalue weighted by Gasteiger charge is 2.36. The number of benzene rings is 2. The van der Waals surface area contributed by atoms with Gasteiger partial charge >= 0.3 is 0 Å². The Morgan fingerprint density at radius 3 is 2.89 bits per heavy atom. The summed E-state index contributed by atoms with van der Waals surface area (Å²) in [6.07, 6.45) is 5.22. The van der Waals surface area contributed by atoms with E-state index >= 15 is 0 Å². The number of amides is 1. The first-order valence-electron chi connectivity index (χ1n) is 12.3. The fraction of sp³-hybridized carbons (Fsp3) is 0.370. The van der Waals surface area contributed by atoms with E-state index in [0.29, 0.717) is 29.3 Å². The van der Waals surface area contributed by atoms with Crippen LogP contribution in [0.4, 0.5) is 23.1 Å². The number of likely N-dealkylation sites (N-methyl/N-ethyl adjacent to an activating group) is 1. The first-order valence-corrected chi connectivity index (χ1v) is 12.7. The van der Waals surface area contributed by atoms with Crippen LogP contribution in [-0.2, 0) is 22.6 Å². The van der Waals surface area contributed by atoms with Gasteiger partial charge in [-0.1, -0.05) is 29.8 Å². The normalized spacial score (nSPS) is 20.6. The van der Waals surface area contributed by atoms with Crippen molar-refractivity contribution in [3.05, 3.63) is 69.9 Å². The SMILES string of the molecule is CONC(=O)C1CN(c2nc(Nc3cc4c5c(c3)CN(C)CC5CCC4)ncc2Cl)c2ccccc21. The molecule has 3 aromatic rings. The lowest BCUT2D eigenvalue weighted by atomic mass is 9.77. The van der Waals surface area contributed by atoms with E-state index in [2.05, 4.69) is 39.9 Å². The molecule has 2 aliphatic heterocycles. The van der Waals surface area contributed by atoms with Gasteiger partial charge in [0.25, 0.3) is 5.91 Å². The lowest BCUT2D eigenvalue weighted by Gasteiger charge is -2.37. The molecule has 2 unspecified atom stereocenters. The monoisotopic (exact) mass is 504 g/mol. The summed E-state index contributed by atoms with van der Waals surface area (Å²) in [6.45, 7) is 2.50. The molecule has 0 radical (unpaired) electrons. The van der Waals surface area contributed by atoms with Crippen molar-refractivity contribution in [1.82, 2.24) is 20.3 Å². The fourth-order valence-electron chi connectivity index (χ4n) is 6.05. The molecule has 9 heteroatoms. The van der Waals surface area contributed by atoms with Gasteiger partial charge in [0.05, 0.1) is 19.2 Å². The Balaban J connectivity index is 1.32. The number of aromatic nitrogens is 2. The third-order valence-corrected chi connectivity index (χ3v) is 7.72. The molecule has 1 aromatic heterocycles. The molecule has 3 aliphatic rings. The molecule has 8 nitrogen and oxygen atoms in total. The average Bonchev–Trinajstić information content (AvgIpc) is 3.25. The van der Waals surface area contributed by atoms with Crippen molar-refractivity contribution in [1.29, 1.82) is 0 Å². The Labute approximate surface area is 215 Å². The van der Waals surface area contributed by atoms with Crippen LogP contribution in [0, 0.1) is 0 Å². The van der Waals surface area contributed by atoms with E-state index in [1.54, 1.807) is 11.8 Å². The summed E-state index contributed by atoms with van der Waals surface area (Å²) in [4.78, 5) is 31.2. The van der Waals surface area contributed by atoms with Gasteiger partial charge in [0.2, 0.25) is 5.95 Å². The molecule has 2 N–H and O–H groups in total. The van der Waals surface area contributed by atoms with Crippen LogP contribution in [0.2, 0.25) is 5.02 Å². The van der Waals surface area contributed by atoms with E-state index < -0.39 is 5.92 Å². The smallest absolute Gasteiger partial charge is 0.252 e. The van der Waals surface area contributed by atoms with Gasteiger partial charge < -0.3 is 15.1 Å². The number of fused-ring (bicyclic) bond motifs is 1. The third kappa shape index (κ3) is 4.09. The van der Waals surface area contributed by atoms with E-state index in [9.17, 15) is 4.79 Å². The van der Waals surface area contributed by atoms with Gasteiger partial charge in [-0.05, 0) is 72.7 Å². The minimum atomic E-state index is -0.401. The third-order valence-electron chi connectivity index (χ3n) is 7.46. The molecule has 0 bridgehead atoms. The summed E-state index contributed by atoms with van der Waals surface area (Å²) in [5.41, 5.74) is 9.64. The van der Waals surface area contributed by atoms with Gasteiger partial charge in [-0.25, -0.2) is 10.5 Å². The average molecular weight is 505 g/mol. The molecule has 1 aliphatic carbocycles. The molecule has 6 rings (SSSR count).